The molecule has 1 spiro atoms. The third kappa shape index (κ3) is 5.78. The smallest absolute Gasteiger partial charge is 0.138 e. The lowest BCUT2D eigenvalue weighted by atomic mass is 9.54. The molecule has 0 atom stereocenters. The van der Waals surface area contributed by atoms with Crippen molar-refractivity contribution >= 4 is 11.5 Å². The zero-order valence-electron chi connectivity index (χ0n) is 18.9. The maximum atomic E-state index is 11.8. The minimum atomic E-state index is 0.251. The average Bonchev–Trinajstić information content (AvgIpc) is 2.73. The van der Waals surface area contributed by atoms with Gasteiger partial charge < -0.3 is 10.2 Å². The number of anilines is 1. The quantitative estimate of drug-likeness (QED) is 0.801. The van der Waals surface area contributed by atoms with E-state index in [4.69, 9.17) is 0 Å². The van der Waals surface area contributed by atoms with Crippen LogP contribution in [0.25, 0.3) is 0 Å². The number of rotatable bonds is 4. The van der Waals surface area contributed by atoms with Crippen LogP contribution in [0.2, 0.25) is 0 Å². The molecule has 1 saturated heterocycles. The first-order valence-electron chi connectivity index (χ1n) is 11.7. The van der Waals surface area contributed by atoms with E-state index in [9.17, 15) is 4.79 Å². The van der Waals surface area contributed by atoms with Gasteiger partial charge in [-0.2, -0.15) is 0 Å². The lowest BCUT2D eigenvalue weighted by Gasteiger charge is -2.50. The summed E-state index contributed by atoms with van der Waals surface area (Å²) in [4.78, 5) is 22.8. The molecule has 1 aromatic heterocycles. The van der Waals surface area contributed by atoms with Crippen LogP contribution < -0.4 is 10.2 Å². The van der Waals surface area contributed by atoms with Gasteiger partial charge in [-0.05, 0) is 31.1 Å². The van der Waals surface area contributed by atoms with E-state index in [2.05, 4.69) is 34.0 Å². The first-order valence-corrected chi connectivity index (χ1v) is 11.7. The number of carbonyl (C=O) groups excluding carboxylic acids is 1. The van der Waals surface area contributed by atoms with Crippen LogP contribution >= 0.6 is 0 Å². The van der Waals surface area contributed by atoms with Crippen molar-refractivity contribution in [1.82, 2.24) is 15.3 Å². The summed E-state index contributed by atoms with van der Waals surface area (Å²) in [6.45, 7) is 12.5. The highest BCUT2D eigenvalue weighted by molar-refractivity contribution is 5.83. The van der Waals surface area contributed by atoms with Crippen molar-refractivity contribution in [1.29, 1.82) is 0 Å². The molecule has 162 valence electrons. The van der Waals surface area contributed by atoms with Gasteiger partial charge in [-0.25, -0.2) is 9.97 Å². The molecule has 3 aliphatic rings. The van der Waals surface area contributed by atoms with Gasteiger partial charge in [-0.15, -0.1) is 0 Å². The lowest BCUT2D eigenvalue weighted by Crippen LogP contribution is -2.43. The summed E-state index contributed by atoms with van der Waals surface area (Å²) in [5.74, 6) is 2.52. The van der Waals surface area contributed by atoms with Crippen LogP contribution in [-0.4, -0.2) is 41.9 Å². The fourth-order valence-corrected chi connectivity index (χ4v) is 5.08. The Balaban J connectivity index is 0.000000166. The molecule has 4 rings (SSSR count). The number of hydrogen-bond acceptors (Lipinski definition) is 5. The molecule has 0 radical (unpaired) electrons. The number of piperazine rings is 1. The summed E-state index contributed by atoms with van der Waals surface area (Å²) >= 11 is 0. The van der Waals surface area contributed by atoms with Crippen molar-refractivity contribution in [2.24, 2.45) is 17.3 Å². The maximum absolute atomic E-state index is 11.8. The van der Waals surface area contributed by atoms with Crippen LogP contribution in [-0.2, 0) is 4.79 Å². The van der Waals surface area contributed by atoms with Crippen molar-refractivity contribution in [3.63, 3.8) is 0 Å². The van der Waals surface area contributed by atoms with Crippen LogP contribution in [0, 0.1) is 17.3 Å². The maximum Gasteiger partial charge on any atom is 0.138 e. The van der Waals surface area contributed by atoms with E-state index < -0.39 is 0 Å². The summed E-state index contributed by atoms with van der Waals surface area (Å²) in [6.07, 6.45) is 13.3. The van der Waals surface area contributed by atoms with E-state index >= 15 is 0 Å². The predicted octanol–water partition coefficient (Wildman–Crippen LogP) is 4.58. The van der Waals surface area contributed by atoms with Gasteiger partial charge in [0.05, 0.1) is 18.1 Å². The first kappa shape index (κ1) is 22.2. The second kappa shape index (κ2) is 10.0. The second-order valence-corrected chi connectivity index (χ2v) is 9.91. The van der Waals surface area contributed by atoms with Gasteiger partial charge >= 0.3 is 0 Å². The molecule has 3 fully saturated rings. The van der Waals surface area contributed by atoms with Crippen LogP contribution in [0.5, 0.6) is 0 Å². The predicted molar refractivity (Wildman–Crippen MR) is 119 cm³/mol. The number of ketones is 1. The highest BCUT2D eigenvalue weighted by Crippen LogP contribution is 2.55. The zero-order valence-corrected chi connectivity index (χ0v) is 18.9. The van der Waals surface area contributed by atoms with Gasteiger partial charge in [-0.3, -0.25) is 4.79 Å². The SMILES string of the molecule is CC(C)C(=O)C1CC2(CCCCC2)C1.CC(C)c1ncc(N2CCNCC2)cn1. The molecule has 0 bridgehead atoms. The fraction of sp³-hybridized carbons (Fsp3) is 0.792. The van der Waals surface area contributed by atoms with Crippen molar-refractivity contribution in [3.05, 3.63) is 18.2 Å². The molecule has 1 aliphatic heterocycles. The highest BCUT2D eigenvalue weighted by atomic mass is 16.1. The monoisotopic (exact) mass is 400 g/mol. The first-order chi connectivity index (χ1) is 13.9. The molecule has 2 heterocycles. The van der Waals surface area contributed by atoms with Gasteiger partial charge in [0.15, 0.2) is 0 Å². The summed E-state index contributed by atoms with van der Waals surface area (Å²) in [6, 6.07) is 0. The molecule has 1 aromatic rings. The van der Waals surface area contributed by atoms with Crippen molar-refractivity contribution in [3.8, 4) is 0 Å². The molecule has 5 nitrogen and oxygen atoms in total. The Bertz CT molecular complexity index is 635. The summed E-state index contributed by atoms with van der Waals surface area (Å²) < 4.78 is 0. The van der Waals surface area contributed by atoms with Gasteiger partial charge in [0.25, 0.3) is 0 Å². The van der Waals surface area contributed by atoms with E-state index in [1.54, 1.807) is 0 Å². The van der Waals surface area contributed by atoms with Crippen molar-refractivity contribution in [2.75, 3.05) is 31.1 Å². The topological polar surface area (TPSA) is 58.1 Å². The molecule has 0 amide bonds. The Morgan fingerprint density at radius 3 is 2.14 bits per heavy atom. The Morgan fingerprint density at radius 2 is 1.62 bits per heavy atom. The second-order valence-electron chi connectivity index (χ2n) is 9.91. The lowest BCUT2D eigenvalue weighted by molar-refractivity contribution is -0.134. The standard InChI is InChI=1S/C13H22O.C11H18N4/c1-10(2)12(14)11-8-13(9-11)6-4-3-5-7-13;1-9(2)11-13-7-10(8-14-11)15-5-3-12-4-6-15/h10-11H,3-9H2,1-2H3;7-9,12H,3-6H2,1-2H3. The largest absolute Gasteiger partial charge is 0.366 e. The summed E-state index contributed by atoms with van der Waals surface area (Å²) in [7, 11) is 0. The van der Waals surface area contributed by atoms with Crippen molar-refractivity contribution in [2.45, 2.75) is 78.6 Å². The van der Waals surface area contributed by atoms with Gasteiger partial charge in [-0.1, -0.05) is 47.0 Å². The van der Waals surface area contributed by atoms with E-state index in [0.717, 1.165) is 37.7 Å². The Morgan fingerprint density at radius 1 is 1.03 bits per heavy atom. The van der Waals surface area contributed by atoms with Crippen LogP contribution in [0.1, 0.15) is 84.4 Å². The molecule has 0 unspecified atom stereocenters. The summed E-state index contributed by atoms with van der Waals surface area (Å²) in [5, 5.41) is 3.33. The fourth-order valence-electron chi connectivity index (χ4n) is 5.08. The minimum Gasteiger partial charge on any atom is -0.366 e. The van der Waals surface area contributed by atoms with E-state index in [0.29, 0.717) is 23.0 Å². The highest BCUT2D eigenvalue weighted by Gasteiger charge is 2.47. The Labute approximate surface area is 177 Å². The van der Waals surface area contributed by atoms with Crippen LogP contribution in [0.15, 0.2) is 12.4 Å². The van der Waals surface area contributed by atoms with E-state index in [1.165, 1.54) is 44.9 Å². The van der Waals surface area contributed by atoms with Crippen LogP contribution in [0.4, 0.5) is 5.69 Å². The van der Waals surface area contributed by atoms with E-state index in [-0.39, 0.29) is 5.92 Å². The average molecular weight is 401 g/mol. The number of hydrogen-bond donors (Lipinski definition) is 1. The third-order valence-corrected chi connectivity index (χ3v) is 6.90. The van der Waals surface area contributed by atoms with Crippen LogP contribution in [0.3, 0.4) is 0 Å². The minimum absolute atomic E-state index is 0.251. The third-order valence-electron chi connectivity index (χ3n) is 6.90. The van der Waals surface area contributed by atoms with E-state index in [1.807, 2.05) is 26.2 Å². The van der Waals surface area contributed by atoms with Gasteiger partial charge in [0.2, 0.25) is 0 Å². The molecule has 1 N–H and O–H groups in total. The molecular formula is C24H40N4O. The molecule has 2 saturated carbocycles. The molecular weight excluding hydrogens is 360 g/mol. The number of Topliss-reactive ketones (excluding diaryl/α,β-unsaturated/α-hetero) is 1. The molecule has 5 heteroatoms. The normalized spacial score (nSPS) is 21.7. The number of aromatic nitrogens is 2. The van der Waals surface area contributed by atoms with Crippen molar-refractivity contribution < 1.29 is 4.79 Å². The molecule has 0 aromatic carbocycles. The number of nitrogens with one attached hydrogen (secondary N) is 1. The van der Waals surface area contributed by atoms with Gasteiger partial charge in [0, 0.05) is 43.9 Å². The number of carbonyl (C=O) groups is 1. The zero-order chi connectivity index (χ0) is 20.9. The molecule has 2 aliphatic carbocycles. The number of nitrogens with zero attached hydrogens (tertiary/aromatic N) is 3. The Kier molecular flexibility index (Phi) is 7.66. The molecule has 29 heavy (non-hydrogen) atoms. The van der Waals surface area contributed by atoms with Gasteiger partial charge in [0.1, 0.15) is 11.6 Å². The summed E-state index contributed by atoms with van der Waals surface area (Å²) in [5.41, 5.74) is 1.76. The Hall–Kier alpha value is -1.49.